The van der Waals surface area contributed by atoms with Gasteiger partial charge in [-0.1, -0.05) is 6.42 Å². The number of halogens is 1. The molecule has 0 saturated carbocycles. The Balaban J connectivity index is 0.00000481. The molecule has 0 bridgehead atoms. The molecule has 0 aliphatic rings. The van der Waals surface area contributed by atoms with E-state index in [1.165, 1.54) is 33.2 Å². The van der Waals surface area contributed by atoms with E-state index in [0.29, 0.717) is 19.4 Å². The predicted octanol–water partition coefficient (Wildman–Crippen LogP) is 1.74. The van der Waals surface area contributed by atoms with Crippen LogP contribution in [0.25, 0.3) is 21.8 Å². The van der Waals surface area contributed by atoms with E-state index in [9.17, 15) is 9.59 Å². The van der Waals surface area contributed by atoms with Gasteiger partial charge in [0.05, 0.1) is 0 Å². The first-order chi connectivity index (χ1) is 17.3. The SMILES string of the molecule is CN(C)c1ccc2cc3ccc(N(C)C)cc3[n+](CCCCCC(=O)NCCCCCC(=O)O)c2c1.[I-]. The zero-order chi connectivity index (χ0) is 26.1. The lowest BCUT2D eigenvalue weighted by Crippen LogP contribution is -3.00. The number of carbonyl (C=O) groups excluding carboxylic acids is 1. The van der Waals surface area contributed by atoms with Crippen molar-refractivity contribution in [3.63, 3.8) is 0 Å². The van der Waals surface area contributed by atoms with E-state index in [1.54, 1.807) is 0 Å². The number of aryl methyl sites for hydroxylation is 1. The van der Waals surface area contributed by atoms with Crippen LogP contribution in [0.5, 0.6) is 0 Å². The minimum Gasteiger partial charge on any atom is -1.00 e. The molecule has 3 rings (SSSR count). The van der Waals surface area contributed by atoms with Crippen molar-refractivity contribution in [3.05, 3.63) is 42.5 Å². The summed E-state index contributed by atoms with van der Waals surface area (Å²) < 4.78 is 2.43. The Morgan fingerprint density at radius 3 is 1.84 bits per heavy atom. The Morgan fingerprint density at radius 1 is 0.757 bits per heavy atom. The van der Waals surface area contributed by atoms with Crippen LogP contribution in [0.15, 0.2) is 42.5 Å². The maximum atomic E-state index is 12.1. The van der Waals surface area contributed by atoms with Crippen LogP contribution in [-0.2, 0) is 16.1 Å². The molecule has 1 heterocycles. The fourth-order valence-corrected chi connectivity index (χ4v) is 4.50. The van der Waals surface area contributed by atoms with Crippen LogP contribution >= 0.6 is 0 Å². The number of anilines is 2. The first-order valence-corrected chi connectivity index (χ1v) is 13.0. The standard InChI is InChI=1S/C29H40N4O3.HI/c1-31(2)24-15-13-22-19-23-14-16-25(32(3)4)21-27(23)33(26(22)20-24)18-10-6-7-11-28(34)30-17-9-5-8-12-29(35)36;/h13-16,19-21H,5-12,17-18H2,1-4H3,(H-,30,34,35,36);1H. The Bertz CT molecular complexity index is 1130. The van der Waals surface area contributed by atoms with Crippen molar-refractivity contribution in [1.82, 2.24) is 5.32 Å². The second-order valence-corrected chi connectivity index (χ2v) is 9.94. The van der Waals surface area contributed by atoms with Crippen LogP contribution in [0.4, 0.5) is 11.4 Å². The smallest absolute Gasteiger partial charge is 0.303 e. The molecule has 0 saturated heterocycles. The van der Waals surface area contributed by atoms with Crippen LogP contribution < -0.4 is 43.7 Å². The Morgan fingerprint density at radius 2 is 1.30 bits per heavy atom. The monoisotopic (exact) mass is 620 g/mol. The molecule has 1 aromatic heterocycles. The molecular weight excluding hydrogens is 579 g/mol. The van der Waals surface area contributed by atoms with E-state index < -0.39 is 5.97 Å². The lowest BCUT2D eigenvalue weighted by Gasteiger charge is -2.15. The first kappa shape index (κ1) is 30.6. The fourth-order valence-electron chi connectivity index (χ4n) is 4.50. The Hall–Kier alpha value is -2.62. The van der Waals surface area contributed by atoms with Gasteiger partial charge < -0.3 is 44.2 Å². The summed E-state index contributed by atoms with van der Waals surface area (Å²) in [7, 11) is 8.27. The molecular formula is C29H41IN4O3. The van der Waals surface area contributed by atoms with Gasteiger partial charge in [0.25, 0.3) is 0 Å². The number of unbranched alkanes of at least 4 members (excludes halogenated alkanes) is 4. The summed E-state index contributed by atoms with van der Waals surface area (Å²) in [5.74, 6) is -0.673. The van der Waals surface area contributed by atoms with Crippen LogP contribution in [0.3, 0.4) is 0 Å². The van der Waals surface area contributed by atoms with Gasteiger partial charge in [0.2, 0.25) is 16.9 Å². The second kappa shape index (κ2) is 15.0. The molecule has 3 aromatic rings. The minimum atomic E-state index is -0.759. The van der Waals surface area contributed by atoms with E-state index >= 15 is 0 Å². The number of carboxylic acid groups (broad SMARTS) is 1. The van der Waals surface area contributed by atoms with Gasteiger partial charge in [0.15, 0.2) is 0 Å². The quantitative estimate of drug-likeness (QED) is 0.124. The predicted molar refractivity (Wildman–Crippen MR) is 148 cm³/mol. The molecule has 0 unspecified atom stereocenters. The highest BCUT2D eigenvalue weighted by Crippen LogP contribution is 2.25. The first-order valence-electron chi connectivity index (χ1n) is 13.0. The maximum absolute atomic E-state index is 12.1. The number of hydrogen-bond acceptors (Lipinski definition) is 4. The number of hydrogen-bond donors (Lipinski definition) is 2. The summed E-state index contributed by atoms with van der Waals surface area (Å²) >= 11 is 0. The van der Waals surface area contributed by atoms with Crippen molar-refractivity contribution < 1.29 is 43.2 Å². The van der Waals surface area contributed by atoms with E-state index in [1.807, 2.05) is 0 Å². The number of benzene rings is 2. The van der Waals surface area contributed by atoms with Gasteiger partial charge in [-0.2, -0.15) is 4.57 Å². The van der Waals surface area contributed by atoms with Crippen molar-refractivity contribution in [2.45, 2.75) is 57.9 Å². The molecule has 2 N–H and O–H groups in total. The number of nitrogens with zero attached hydrogens (tertiary/aromatic N) is 3. The average molecular weight is 621 g/mol. The number of aliphatic carboxylic acids is 1. The number of aromatic nitrogens is 1. The molecule has 0 fully saturated rings. The highest BCUT2D eigenvalue weighted by molar-refractivity contribution is 5.91. The largest absolute Gasteiger partial charge is 1.00 e. The van der Waals surface area contributed by atoms with Crippen LogP contribution in [0.1, 0.15) is 51.4 Å². The van der Waals surface area contributed by atoms with Crippen molar-refractivity contribution in [1.29, 1.82) is 0 Å². The molecule has 8 heteroatoms. The topological polar surface area (TPSA) is 76.8 Å². The summed E-state index contributed by atoms with van der Waals surface area (Å²) in [4.78, 5) is 27.0. The lowest BCUT2D eigenvalue weighted by atomic mass is 10.1. The van der Waals surface area contributed by atoms with Gasteiger partial charge in [0.1, 0.15) is 6.54 Å². The number of carbonyl (C=O) groups is 2. The van der Waals surface area contributed by atoms with E-state index in [-0.39, 0.29) is 36.3 Å². The highest BCUT2D eigenvalue weighted by atomic mass is 127. The number of fused-ring (bicyclic) bond motifs is 2. The van der Waals surface area contributed by atoms with Crippen molar-refractivity contribution in [3.8, 4) is 0 Å². The van der Waals surface area contributed by atoms with Crippen molar-refractivity contribution >= 4 is 45.1 Å². The molecule has 37 heavy (non-hydrogen) atoms. The van der Waals surface area contributed by atoms with Gasteiger partial charge >= 0.3 is 5.97 Å². The summed E-state index contributed by atoms with van der Waals surface area (Å²) in [6.45, 7) is 1.52. The molecule has 0 spiro atoms. The number of pyridine rings is 1. The normalized spacial score (nSPS) is 10.8. The van der Waals surface area contributed by atoms with Gasteiger partial charge in [0, 0.05) is 88.3 Å². The summed E-state index contributed by atoms with van der Waals surface area (Å²) in [6.07, 6.45) is 5.90. The number of nitrogens with one attached hydrogen (secondary N) is 1. The van der Waals surface area contributed by atoms with Gasteiger partial charge in [-0.25, -0.2) is 0 Å². The molecule has 1 amide bonds. The van der Waals surface area contributed by atoms with Gasteiger partial charge in [-0.3, -0.25) is 9.59 Å². The zero-order valence-electron chi connectivity index (χ0n) is 22.6. The van der Waals surface area contributed by atoms with E-state index in [4.69, 9.17) is 5.11 Å². The van der Waals surface area contributed by atoms with Crippen LogP contribution in [0.2, 0.25) is 0 Å². The molecule has 0 aliphatic heterocycles. The third-order valence-electron chi connectivity index (χ3n) is 6.63. The van der Waals surface area contributed by atoms with E-state index in [2.05, 4.69) is 90.3 Å². The van der Waals surface area contributed by atoms with Crippen LogP contribution in [0, 0.1) is 0 Å². The number of amides is 1. The third-order valence-corrected chi connectivity index (χ3v) is 6.63. The maximum Gasteiger partial charge on any atom is 0.303 e. The second-order valence-electron chi connectivity index (χ2n) is 9.94. The zero-order valence-corrected chi connectivity index (χ0v) is 24.8. The molecule has 0 radical (unpaired) electrons. The van der Waals surface area contributed by atoms with Gasteiger partial charge in [-0.05, 0) is 56.0 Å². The third kappa shape index (κ3) is 9.02. The lowest BCUT2D eigenvalue weighted by molar-refractivity contribution is -0.645. The Labute approximate surface area is 237 Å². The molecule has 2 aromatic carbocycles. The summed E-state index contributed by atoms with van der Waals surface area (Å²) in [5, 5.41) is 14.1. The van der Waals surface area contributed by atoms with Crippen molar-refractivity contribution in [2.24, 2.45) is 0 Å². The number of rotatable bonds is 14. The van der Waals surface area contributed by atoms with Crippen molar-refractivity contribution in [2.75, 3.05) is 44.5 Å². The summed E-state index contributed by atoms with van der Waals surface area (Å²) in [6, 6.07) is 15.5. The molecule has 0 aliphatic carbocycles. The molecule has 0 atom stereocenters. The Kier molecular flexibility index (Phi) is 12.4. The molecule has 7 nitrogen and oxygen atoms in total. The average Bonchev–Trinajstić information content (AvgIpc) is 2.84. The highest BCUT2D eigenvalue weighted by Gasteiger charge is 2.17. The minimum absolute atomic E-state index is 0. The summed E-state index contributed by atoms with van der Waals surface area (Å²) in [5.41, 5.74) is 4.81. The van der Waals surface area contributed by atoms with Gasteiger partial charge in [-0.15, -0.1) is 0 Å². The number of carboxylic acids is 1. The fraction of sp³-hybridized carbons (Fsp3) is 0.483. The molecule has 202 valence electrons. The van der Waals surface area contributed by atoms with E-state index in [0.717, 1.165) is 38.6 Å². The van der Waals surface area contributed by atoms with Crippen LogP contribution in [-0.4, -0.2) is 51.7 Å².